The number of hydrogen-bond donors (Lipinski definition) is 1. The molecule has 0 radical (unpaired) electrons. The van der Waals surface area contributed by atoms with Crippen LogP contribution in [-0.2, 0) is 6.42 Å². The van der Waals surface area contributed by atoms with E-state index in [1.807, 2.05) is 17.5 Å². The van der Waals surface area contributed by atoms with Crippen LogP contribution < -0.4 is 5.32 Å². The molecule has 2 rings (SSSR count). The predicted molar refractivity (Wildman–Crippen MR) is 73.7 cm³/mol. The molecular weight excluding hydrogens is 246 g/mol. The summed E-state index contributed by atoms with van der Waals surface area (Å²) in [6, 6.07) is 3.97. The lowest BCUT2D eigenvalue weighted by Gasteiger charge is -2.19. The summed E-state index contributed by atoms with van der Waals surface area (Å²) in [5.41, 5.74) is 0.164. The Morgan fingerprint density at radius 2 is 2.17 bits per heavy atom. The Hall–Kier alpha value is -1.20. The first-order valence-electron chi connectivity index (χ1n) is 6.16. The van der Waals surface area contributed by atoms with Crippen LogP contribution >= 0.6 is 11.3 Å². The second-order valence-electron chi connectivity index (χ2n) is 5.26. The molecular formula is C13H19N3OS. The summed E-state index contributed by atoms with van der Waals surface area (Å²) in [5.74, 6) is 1.35. The summed E-state index contributed by atoms with van der Waals surface area (Å²) >= 11 is 1.61. The molecule has 0 saturated carbocycles. The average molecular weight is 265 g/mol. The molecule has 1 N–H and O–H groups in total. The maximum absolute atomic E-state index is 5.62. The van der Waals surface area contributed by atoms with Gasteiger partial charge in [-0.05, 0) is 45.2 Å². The van der Waals surface area contributed by atoms with Crippen molar-refractivity contribution in [1.82, 2.24) is 15.5 Å². The van der Waals surface area contributed by atoms with Crippen molar-refractivity contribution in [3.8, 4) is 10.8 Å². The largest absolute Gasteiger partial charge is 0.420 e. The Kier molecular flexibility index (Phi) is 4.14. The van der Waals surface area contributed by atoms with E-state index in [-0.39, 0.29) is 5.54 Å². The molecule has 0 aliphatic rings. The highest BCUT2D eigenvalue weighted by Gasteiger charge is 2.10. The Morgan fingerprint density at radius 1 is 1.33 bits per heavy atom. The molecule has 18 heavy (non-hydrogen) atoms. The fourth-order valence-corrected chi connectivity index (χ4v) is 2.20. The van der Waals surface area contributed by atoms with E-state index in [1.165, 1.54) is 0 Å². The minimum atomic E-state index is 0.164. The first kappa shape index (κ1) is 13.2. The molecule has 4 nitrogen and oxygen atoms in total. The van der Waals surface area contributed by atoms with Gasteiger partial charge in [0.2, 0.25) is 5.89 Å². The summed E-state index contributed by atoms with van der Waals surface area (Å²) in [4.78, 5) is 1.03. The fourth-order valence-electron chi connectivity index (χ4n) is 1.56. The molecule has 2 heterocycles. The zero-order valence-electron chi connectivity index (χ0n) is 11.1. The second-order valence-corrected chi connectivity index (χ2v) is 6.21. The van der Waals surface area contributed by atoms with E-state index in [2.05, 4.69) is 36.3 Å². The van der Waals surface area contributed by atoms with Gasteiger partial charge < -0.3 is 9.73 Å². The Bertz CT molecular complexity index is 471. The molecule has 0 aromatic carbocycles. The van der Waals surface area contributed by atoms with Crippen LogP contribution in [-0.4, -0.2) is 22.3 Å². The van der Waals surface area contributed by atoms with Crippen molar-refractivity contribution in [3.05, 3.63) is 23.4 Å². The Balaban J connectivity index is 1.81. The molecule has 0 aliphatic heterocycles. The first-order valence-corrected chi connectivity index (χ1v) is 7.04. The van der Waals surface area contributed by atoms with E-state index in [0.717, 1.165) is 24.3 Å². The lowest BCUT2D eigenvalue weighted by molar-refractivity contribution is 0.413. The van der Waals surface area contributed by atoms with Gasteiger partial charge in [0.25, 0.3) is 5.89 Å². The summed E-state index contributed by atoms with van der Waals surface area (Å²) in [7, 11) is 0. The van der Waals surface area contributed by atoms with Crippen LogP contribution in [0.4, 0.5) is 0 Å². The zero-order chi connectivity index (χ0) is 13.0. The molecule has 0 atom stereocenters. The third-order valence-corrected chi connectivity index (χ3v) is 3.28. The van der Waals surface area contributed by atoms with Crippen LogP contribution in [0.2, 0.25) is 0 Å². The highest BCUT2D eigenvalue weighted by Crippen LogP contribution is 2.23. The number of hydrogen-bond acceptors (Lipinski definition) is 5. The van der Waals surface area contributed by atoms with Gasteiger partial charge in [-0.15, -0.1) is 21.5 Å². The van der Waals surface area contributed by atoms with E-state index in [4.69, 9.17) is 4.42 Å². The molecule has 0 bridgehead atoms. The van der Waals surface area contributed by atoms with Gasteiger partial charge in [-0.3, -0.25) is 0 Å². The molecule has 0 saturated heterocycles. The molecule has 0 unspecified atom stereocenters. The molecule has 0 spiro atoms. The molecule has 0 fully saturated rings. The smallest absolute Gasteiger partial charge is 0.257 e. The quantitative estimate of drug-likeness (QED) is 0.844. The molecule has 2 aromatic rings. The van der Waals surface area contributed by atoms with Crippen molar-refractivity contribution in [2.24, 2.45) is 0 Å². The number of nitrogens with one attached hydrogen (secondary N) is 1. The summed E-state index contributed by atoms with van der Waals surface area (Å²) in [6.07, 6.45) is 1.82. The maximum Gasteiger partial charge on any atom is 0.257 e. The SMILES string of the molecule is CC(C)(C)NCCCc1nnc(-c2cccs2)o1. The molecule has 5 heteroatoms. The van der Waals surface area contributed by atoms with E-state index >= 15 is 0 Å². The molecule has 0 aliphatic carbocycles. The van der Waals surface area contributed by atoms with Crippen molar-refractivity contribution < 1.29 is 4.42 Å². The predicted octanol–water partition coefficient (Wildman–Crippen LogP) is 3.12. The molecule has 0 amide bonds. The van der Waals surface area contributed by atoms with E-state index in [9.17, 15) is 0 Å². The van der Waals surface area contributed by atoms with E-state index < -0.39 is 0 Å². The normalized spacial score (nSPS) is 11.9. The number of aryl methyl sites for hydroxylation is 1. The number of rotatable bonds is 5. The van der Waals surface area contributed by atoms with Crippen LogP contribution in [0.3, 0.4) is 0 Å². The van der Waals surface area contributed by atoms with Gasteiger partial charge in [-0.1, -0.05) is 6.07 Å². The Morgan fingerprint density at radius 3 is 2.83 bits per heavy atom. The number of aromatic nitrogens is 2. The van der Waals surface area contributed by atoms with Gasteiger partial charge in [0.15, 0.2) is 0 Å². The third-order valence-electron chi connectivity index (χ3n) is 2.42. The number of thiophene rings is 1. The fraction of sp³-hybridized carbons (Fsp3) is 0.538. The lowest BCUT2D eigenvalue weighted by atomic mass is 10.1. The standard InChI is InChI=1S/C13H19N3OS/c1-13(2,3)14-8-4-7-11-15-16-12(17-11)10-6-5-9-18-10/h5-6,9,14H,4,7-8H2,1-3H3. The van der Waals surface area contributed by atoms with Gasteiger partial charge in [-0.2, -0.15) is 0 Å². The van der Waals surface area contributed by atoms with Gasteiger partial charge in [0.1, 0.15) is 0 Å². The minimum absolute atomic E-state index is 0.164. The molecule has 2 aromatic heterocycles. The Labute approximate surface area is 111 Å². The zero-order valence-corrected chi connectivity index (χ0v) is 11.9. The van der Waals surface area contributed by atoms with Crippen molar-refractivity contribution in [2.45, 2.75) is 39.2 Å². The van der Waals surface area contributed by atoms with Crippen LogP contribution in [0, 0.1) is 0 Å². The van der Waals surface area contributed by atoms with Crippen LogP contribution in [0.5, 0.6) is 0 Å². The lowest BCUT2D eigenvalue weighted by Crippen LogP contribution is -2.36. The minimum Gasteiger partial charge on any atom is -0.420 e. The summed E-state index contributed by atoms with van der Waals surface area (Å²) < 4.78 is 5.62. The van der Waals surface area contributed by atoms with Crippen molar-refractivity contribution in [3.63, 3.8) is 0 Å². The van der Waals surface area contributed by atoms with E-state index in [1.54, 1.807) is 11.3 Å². The highest BCUT2D eigenvalue weighted by molar-refractivity contribution is 7.13. The van der Waals surface area contributed by atoms with Gasteiger partial charge in [-0.25, -0.2) is 0 Å². The first-order chi connectivity index (χ1) is 8.54. The monoisotopic (exact) mass is 265 g/mol. The topological polar surface area (TPSA) is 51.0 Å². The summed E-state index contributed by atoms with van der Waals surface area (Å²) in [5, 5.41) is 13.6. The summed E-state index contributed by atoms with van der Waals surface area (Å²) in [6.45, 7) is 7.44. The van der Waals surface area contributed by atoms with Gasteiger partial charge >= 0.3 is 0 Å². The van der Waals surface area contributed by atoms with Crippen LogP contribution in [0.15, 0.2) is 21.9 Å². The van der Waals surface area contributed by atoms with Gasteiger partial charge in [0.05, 0.1) is 4.88 Å². The van der Waals surface area contributed by atoms with Crippen LogP contribution in [0.1, 0.15) is 33.1 Å². The van der Waals surface area contributed by atoms with Gasteiger partial charge in [0, 0.05) is 12.0 Å². The van der Waals surface area contributed by atoms with E-state index in [0.29, 0.717) is 11.8 Å². The maximum atomic E-state index is 5.62. The third kappa shape index (κ3) is 3.92. The van der Waals surface area contributed by atoms with Crippen molar-refractivity contribution in [1.29, 1.82) is 0 Å². The second kappa shape index (κ2) is 5.63. The number of nitrogens with zero attached hydrogens (tertiary/aromatic N) is 2. The van der Waals surface area contributed by atoms with Crippen molar-refractivity contribution >= 4 is 11.3 Å². The van der Waals surface area contributed by atoms with Crippen LogP contribution in [0.25, 0.3) is 10.8 Å². The highest BCUT2D eigenvalue weighted by atomic mass is 32.1. The average Bonchev–Trinajstić information content (AvgIpc) is 2.93. The van der Waals surface area contributed by atoms with Crippen molar-refractivity contribution in [2.75, 3.05) is 6.54 Å². The molecule has 98 valence electrons.